The molecule has 0 aromatic heterocycles. The lowest BCUT2D eigenvalue weighted by molar-refractivity contribution is -0.143. The molecule has 0 saturated heterocycles. The van der Waals surface area contributed by atoms with Gasteiger partial charge in [0.15, 0.2) is 0 Å². The van der Waals surface area contributed by atoms with E-state index in [1.807, 2.05) is 0 Å². The van der Waals surface area contributed by atoms with Crippen LogP contribution in [0.2, 0.25) is 0 Å². The summed E-state index contributed by atoms with van der Waals surface area (Å²) in [4.78, 5) is 24.5. The molecule has 402 valence electrons. The molecule has 0 spiro atoms. The first-order valence-electron chi connectivity index (χ1n) is 30.6. The minimum Gasteiger partial charge on any atom is -0.466 e. The zero-order valence-electron chi connectivity index (χ0n) is 45.9. The van der Waals surface area contributed by atoms with E-state index in [9.17, 15) is 19.8 Å². The number of allylic oxidation sites excluding steroid dienone is 4. The molecule has 68 heavy (non-hydrogen) atoms. The average molecular weight is 959 g/mol. The van der Waals surface area contributed by atoms with E-state index in [0.29, 0.717) is 25.9 Å². The van der Waals surface area contributed by atoms with Crippen LogP contribution in [0, 0.1) is 0 Å². The van der Waals surface area contributed by atoms with Crippen LogP contribution in [0.15, 0.2) is 24.3 Å². The third-order valence-electron chi connectivity index (χ3n) is 14.3. The van der Waals surface area contributed by atoms with Gasteiger partial charge < -0.3 is 20.3 Å². The number of rotatable bonds is 57. The predicted molar refractivity (Wildman–Crippen MR) is 296 cm³/mol. The summed E-state index contributed by atoms with van der Waals surface area (Å²) in [6, 6.07) is -0.542. The molecule has 0 heterocycles. The van der Waals surface area contributed by atoms with Crippen molar-refractivity contribution in [2.45, 2.75) is 347 Å². The lowest BCUT2D eigenvalue weighted by atomic mass is 10.0. The van der Waals surface area contributed by atoms with Gasteiger partial charge in [-0.05, 0) is 57.8 Å². The van der Waals surface area contributed by atoms with E-state index in [0.717, 1.165) is 51.4 Å². The van der Waals surface area contributed by atoms with Gasteiger partial charge in [-0.25, -0.2) is 0 Å². The highest BCUT2D eigenvalue weighted by atomic mass is 16.5. The van der Waals surface area contributed by atoms with Gasteiger partial charge >= 0.3 is 5.97 Å². The Hall–Kier alpha value is -1.66. The van der Waals surface area contributed by atoms with Crippen molar-refractivity contribution in [3.8, 4) is 0 Å². The van der Waals surface area contributed by atoms with E-state index in [1.165, 1.54) is 250 Å². The van der Waals surface area contributed by atoms with Gasteiger partial charge in [0, 0.05) is 12.8 Å². The summed E-state index contributed by atoms with van der Waals surface area (Å²) in [7, 11) is 0. The van der Waals surface area contributed by atoms with E-state index in [2.05, 4.69) is 43.5 Å². The van der Waals surface area contributed by atoms with Gasteiger partial charge in [-0.3, -0.25) is 9.59 Å². The van der Waals surface area contributed by atoms with Crippen LogP contribution in [-0.4, -0.2) is 47.4 Å². The van der Waals surface area contributed by atoms with Crippen molar-refractivity contribution in [2.24, 2.45) is 0 Å². The minimum absolute atomic E-state index is 0.00109. The van der Waals surface area contributed by atoms with Crippen LogP contribution in [-0.2, 0) is 14.3 Å². The van der Waals surface area contributed by atoms with Crippen LogP contribution in [0.4, 0.5) is 0 Å². The maximum Gasteiger partial charge on any atom is 0.305 e. The molecule has 0 saturated carbocycles. The number of unbranched alkanes of at least 4 members (excludes halogenated alkanes) is 42. The quantitative estimate of drug-likeness (QED) is 0.0321. The predicted octanol–water partition coefficient (Wildman–Crippen LogP) is 19.0. The first-order chi connectivity index (χ1) is 33.5. The number of carbonyl (C=O) groups is 2. The Morgan fingerprint density at radius 3 is 1.13 bits per heavy atom. The summed E-state index contributed by atoms with van der Waals surface area (Å²) >= 11 is 0. The molecule has 0 radical (unpaired) electrons. The van der Waals surface area contributed by atoms with Crippen molar-refractivity contribution >= 4 is 11.9 Å². The van der Waals surface area contributed by atoms with Crippen LogP contribution in [0.1, 0.15) is 335 Å². The molecule has 1 amide bonds. The number of aliphatic hydroxyl groups excluding tert-OH is 2. The van der Waals surface area contributed by atoms with Crippen LogP contribution in [0.3, 0.4) is 0 Å². The molecule has 0 rings (SSSR count). The van der Waals surface area contributed by atoms with Crippen molar-refractivity contribution < 1.29 is 24.5 Å². The third-order valence-corrected chi connectivity index (χ3v) is 14.3. The number of carbonyl (C=O) groups excluding carboxylic acids is 2. The number of amides is 1. The van der Waals surface area contributed by atoms with Gasteiger partial charge in [-0.2, -0.15) is 0 Å². The maximum atomic E-state index is 12.5. The Morgan fingerprint density at radius 1 is 0.412 bits per heavy atom. The second kappa shape index (κ2) is 57.9. The fourth-order valence-corrected chi connectivity index (χ4v) is 9.55. The number of nitrogens with one attached hydrogen (secondary N) is 1. The van der Waals surface area contributed by atoms with Crippen molar-refractivity contribution in [2.75, 3.05) is 13.2 Å². The lowest BCUT2D eigenvalue weighted by Gasteiger charge is -2.22. The number of ether oxygens (including phenoxy) is 1. The van der Waals surface area contributed by atoms with Gasteiger partial charge in [0.25, 0.3) is 0 Å². The summed E-state index contributed by atoms with van der Waals surface area (Å²) in [5.41, 5.74) is 0. The van der Waals surface area contributed by atoms with Crippen LogP contribution in [0.25, 0.3) is 0 Å². The Kier molecular flexibility index (Phi) is 56.5. The molecule has 6 nitrogen and oxygen atoms in total. The molecule has 0 aliphatic rings. The second-order valence-corrected chi connectivity index (χ2v) is 21.0. The van der Waals surface area contributed by atoms with Crippen LogP contribution < -0.4 is 5.32 Å². The van der Waals surface area contributed by atoms with Crippen molar-refractivity contribution in [1.29, 1.82) is 0 Å². The molecule has 3 N–H and O–H groups in total. The average Bonchev–Trinajstić information content (AvgIpc) is 3.34. The highest BCUT2D eigenvalue weighted by Crippen LogP contribution is 2.18. The molecular formula is C62H119NO5. The Balaban J connectivity index is 3.38. The van der Waals surface area contributed by atoms with Gasteiger partial charge in [-0.1, -0.05) is 289 Å². The molecule has 2 atom stereocenters. The van der Waals surface area contributed by atoms with Gasteiger partial charge in [0.2, 0.25) is 5.91 Å². The highest BCUT2D eigenvalue weighted by molar-refractivity contribution is 5.76. The van der Waals surface area contributed by atoms with Crippen LogP contribution in [0.5, 0.6) is 0 Å². The van der Waals surface area contributed by atoms with E-state index < -0.39 is 12.1 Å². The zero-order valence-corrected chi connectivity index (χ0v) is 45.9. The third kappa shape index (κ3) is 53.7. The molecule has 0 bridgehead atoms. The smallest absolute Gasteiger partial charge is 0.305 e. The number of hydrogen-bond acceptors (Lipinski definition) is 5. The molecule has 0 aromatic rings. The summed E-state index contributed by atoms with van der Waals surface area (Å²) in [6.07, 6.45) is 70.3. The number of aliphatic hydroxyl groups is 2. The molecule has 0 aromatic carbocycles. The Morgan fingerprint density at radius 2 is 0.735 bits per heavy atom. The van der Waals surface area contributed by atoms with E-state index in [-0.39, 0.29) is 18.5 Å². The molecular weight excluding hydrogens is 839 g/mol. The number of esters is 1. The first kappa shape index (κ1) is 66.3. The van der Waals surface area contributed by atoms with Crippen molar-refractivity contribution in [1.82, 2.24) is 5.32 Å². The SMILES string of the molecule is CCCCCC/C=C\C/C=C\CCCCCCCC(=O)OCCCCCCCCCCCCCCCCCCCCCCCC(=O)NC(CO)C(O)CCCCCCCCCCCCCCCC. The topological polar surface area (TPSA) is 95.9 Å². The summed E-state index contributed by atoms with van der Waals surface area (Å²) in [5.74, 6) is -0.0358. The fraction of sp³-hybridized carbons (Fsp3) is 0.903. The molecule has 0 aliphatic carbocycles. The normalized spacial score (nSPS) is 12.7. The van der Waals surface area contributed by atoms with Crippen molar-refractivity contribution in [3.05, 3.63) is 24.3 Å². The second-order valence-electron chi connectivity index (χ2n) is 21.0. The fourth-order valence-electron chi connectivity index (χ4n) is 9.55. The molecule has 0 fully saturated rings. The Bertz CT molecular complexity index is 1060. The summed E-state index contributed by atoms with van der Waals surface area (Å²) in [6.45, 7) is 4.94. The van der Waals surface area contributed by atoms with Gasteiger partial charge in [-0.15, -0.1) is 0 Å². The first-order valence-corrected chi connectivity index (χ1v) is 30.6. The van der Waals surface area contributed by atoms with Crippen molar-refractivity contribution in [3.63, 3.8) is 0 Å². The van der Waals surface area contributed by atoms with E-state index in [4.69, 9.17) is 4.74 Å². The zero-order chi connectivity index (χ0) is 49.3. The van der Waals surface area contributed by atoms with Gasteiger partial charge in [0.1, 0.15) is 0 Å². The number of hydrogen-bond donors (Lipinski definition) is 3. The minimum atomic E-state index is -0.664. The molecule has 6 heteroatoms. The summed E-state index contributed by atoms with van der Waals surface area (Å²) in [5, 5.41) is 23.3. The van der Waals surface area contributed by atoms with Gasteiger partial charge in [0.05, 0.1) is 25.4 Å². The highest BCUT2D eigenvalue weighted by Gasteiger charge is 2.20. The Labute approximate surface area is 424 Å². The molecule has 2 unspecified atom stereocenters. The lowest BCUT2D eigenvalue weighted by Crippen LogP contribution is -2.45. The largest absolute Gasteiger partial charge is 0.466 e. The van der Waals surface area contributed by atoms with E-state index in [1.54, 1.807) is 0 Å². The van der Waals surface area contributed by atoms with Crippen LogP contribution >= 0.6 is 0 Å². The van der Waals surface area contributed by atoms with E-state index >= 15 is 0 Å². The monoisotopic (exact) mass is 958 g/mol. The molecule has 0 aliphatic heterocycles. The standard InChI is InChI=1S/C62H119NO5/c1-3-5-7-9-11-13-15-17-19-28-32-36-40-44-48-52-56-62(67)68-57-53-49-45-41-37-33-29-26-24-22-20-21-23-25-27-31-35-39-43-47-51-55-61(66)63-59(58-64)60(65)54-50-46-42-38-34-30-18-16-14-12-10-8-6-4-2/h13,15,19,28,59-60,64-65H,3-12,14,16-18,20-27,29-58H2,1-2H3,(H,63,66)/b15-13-,28-19-. The maximum absolute atomic E-state index is 12.5. The summed E-state index contributed by atoms with van der Waals surface area (Å²) < 4.78 is 5.48.